The maximum Gasteiger partial charge on any atom is 0.229 e. The molecule has 0 saturated heterocycles. The van der Waals surface area contributed by atoms with Crippen molar-refractivity contribution in [3.63, 3.8) is 0 Å². The highest BCUT2D eigenvalue weighted by atomic mass is 16.7. The van der Waals surface area contributed by atoms with Gasteiger partial charge in [0.05, 0.1) is 6.10 Å². The van der Waals surface area contributed by atoms with Crippen molar-refractivity contribution in [3.8, 4) is 0 Å². The first-order chi connectivity index (χ1) is 4.29. The first-order valence-corrected chi connectivity index (χ1v) is 2.90. The van der Waals surface area contributed by atoms with E-state index < -0.39 is 0 Å². The average molecular weight is 130 g/mol. The fourth-order valence-corrected chi connectivity index (χ4v) is 0.669. The summed E-state index contributed by atoms with van der Waals surface area (Å²) in [7, 11) is 0. The molecule has 1 N–H and O–H groups in total. The van der Waals surface area contributed by atoms with E-state index in [2.05, 4.69) is 0 Å². The van der Waals surface area contributed by atoms with Crippen molar-refractivity contribution in [2.45, 2.75) is 19.4 Å². The van der Waals surface area contributed by atoms with Crippen molar-refractivity contribution in [2.75, 3.05) is 6.79 Å². The summed E-state index contributed by atoms with van der Waals surface area (Å²) < 4.78 is 9.71. The van der Waals surface area contributed by atoms with Crippen LogP contribution < -0.4 is 0 Å². The maximum absolute atomic E-state index is 8.84. The number of ether oxygens (including phenoxy) is 2. The van der Waals surface area contributed by atoms with Gasteiger partial charge < -0.3 is 14.6 Å². The molecule has 1 aliphatic heterocycles. The van der Waals surface area contributed by atoms with Gasteiger partial charge in [-0.2, -0.15) is 0 Å². The Balaban J connectivity index is 2.26. The molecule has 0 fully saturated rings. The average Bonchev–Trinajstić information content (AvgIpc) is 2.15. The second-order valence-electron chi connectivity index (χ2n) is 2.07. The standard InChI is InChI=1S/C6H10O3/c1-5(7)2-6-3-8-4-9-6/h3,5,7H,2,4H2,1H3. The fraction of sp³-hybridized carbons (Fsp3) is 0.667. The Bertz CT molecular complexity index is 117. The molecule has 1 unspecified atom stereocenters. The van der Waals surface area contributed by atoms with Crippen molar-refractivity contribution in [1.29, 1.82) is 0 Å². The van der Waals surface area contributed by atoms with Crippen molar-refractivity contribution in [3.05, 3.63) is 12.0 Å². The third kappa shape index (κ3) is 1.93. The van der Waals surface area contributed by atoms with Crippen molar-refractivity contribution >= 4 is 0 Å². The molecule has 3 heteroatoms. The molecular weight excluding hydrogens is 120 g/mol. The number of aliphatic hydroxyl groups is 1. The molecule has 0 aromatic heterocycles. The van der Waals surface area contributed by atoms with Gasteiger partial charge >= 0.3 is 0 Å². The van der Waals surface area contributed by atoms with Crippen LogP contribution in [0, 0.1) is 0 Å². The molecule has 52 valence electrons. The lowest BCUT2D eigenvalue weighted by Crippen LogP contribution is -2.01. The van der Waals surface area contributed by atoms with Crippen LogP contribution in [0.3, 0.4) is 0 Å². The molecule has 1 aliphatic rings. The first kappa shape index (κ1) is 6.42. The molecule has 0 aromatic rings. The summed E-state index contributed by atoms with van der Waals surface area (Å²) in [4.78, 5) is 0. The predicted octanol–water partition coefficient (Wildman–Crippen LogP) is 0.603. The molecule has 1 rings (SSSR count). The molecular formula is C6H10O3. The molecule has 0 amide bonds. The Morgan fingerprint density at radius 1 is 1.89 bits per heavy atom. The summed E-state index contributed by atoms with van der Waals surface area (Å²) in [5.41, 5.74) is 0. The summed E-state index contributed by atoms with van der Waals surface area (Å²) in [5, 5.41) is 8.84. The van der Waals surface area contributed by atoms with Crippen molar-refractivity contribution in [1.82, 2.24) is 0 Å². The molecule has 0 radical (unpaired) electrons. The minimum Gasteiger partial charge on any atom is -0.462 e. The molecule has 0 bridgehead atoms. The van der Waals surface area contributed by atoms with Gasteiger partial charge in [0.25, 0.3) is 0 Å². The summed E-state index contributed by atoms with van der Waals surface area (Å²) in [6.07, 6.45) is 1.73. The summed E-state index contributed by atoms with van der Waals surface area (Å²) in [5.74, 6) is 0.727. The summed E-state index contributed by atoms with van der Waals surface area (Å²) >= 11 is 0. The Labute approximate surface area is 53.9 Å². The maximum atomic E-state index is 8.84. The molecule has 1 atom stereocenters. The van der Waals surface area contributed by atoms with Gasteiger partial charge in [0.2, 0.25) is 6.79 Å². The predicted molar refractivity (Wildman–Crippen MR) is 31.4 cm³/mol. The Morgan fingerprint density at radius 2 is 2.67 bits per heavy atom. The van der Waals surface area contributed by atoms with Gasteiger partial charge in [-0.15, -0.1) is 0 Å². The zero-order valence-corrected chi connectivity index (χ0v) is 5.33. The second-order valence-corrected chi connectivity index (χ2v) is 2.07. The van der Waals surface area contributed by atoms with E-state index in [0.29, 0.717) is 13.2 Å². The molecule has 0 aliphatic carbocycles. The quantitative estimate of drug-likeness (QED) is 0.595. The van der Waals surface area contributed by atoms with Gasteiger partial charge in [-0.3, -0.25) is 0 Å². The fourth-order valence-electron chi connectivity index (χ4n) is 0.669. The summed E-state index contributed by atoms with van der Waals surface area (Å²) in [6, 6.07) is 0. The van der Waals surface area contributed by atoms with Crippen molar-refractivity contribution < 1.29 is 14.6 Å². The highest BCUT2D eigenvalue weighted by Gasteiger charge is 2.08. The topological polar surface area (TPSA) is 38.7 Å². The second kappa shape index (κ2) is 2.73. The molecule has 9 heavy (non-hydrogen) atoms. The largest absolute Gasteiger partial charge is 0.462 e. The van der Waals surface area contributed by atoms with E-state index in [1.54, 1.807) is 6.92 Å². The van der Waals surface area contributed by atoms with E-state index in [0.717, 1.165) is 5.76 Å². The minimum atomic E-state index is -0.349. The zero-order valence-electron chi connectivity index (χ0n) is 5.33. The third-order valence-corrected chi connectivity index (χ3v) is 1.02. The van der Waals surface area contributed by atoms with Gasteiger partial charge in [-0.05, 0) is 6.92 Å². The highest BCUT2D eigenvalue weighted by Crippen LogP contribution is 2.12. The van der Waals surface area contributed by atoms with Gasteiger partial charge in [0, 0.05) is 6.42 Å². The van der Waals surface area contributed by atoms with Crippen LogP contribution in [0.2, 0.25) is 0 Å². The lowest BCUT2D eigenvalue weighted by atomic mass is 10.2. The lowest BCUT2D eigenvalue weighted by Gasteiger charge is -2.01. The number of aliphatic hydroxyl groups excluding tert-OH is 1. The van der Waals surface area contributed by atoms with Crippen molar-refractivity contribution in [2.24, 2.45) is 0 Å². The van der Waals surface area contributed by atoms with Crippen LogP contribution in [0.15, 0.2) is 12.0 Å². The molecule has 0 spiro atoms. The van der Waals surface area contributed by atoms with Gasteiger partial charge in [0.1, 0.15) is 12.0 Å². The van der Waals surface area contributed by atoms with Crippen LogP contribution in [-0.4, -0.2) is 18.0 Å². The van der Waals surface area contributed by atoms with Crippen LogP contribution >= 0.6 is 0 Å². The van der Waals surface area contributed by atoms with Crippen LogP contribution in [0.5, 0.6) is 0 Å². The monoisotopic (exact) mass is 130 g/mol. The van der Waals surface area contributed by atoms with E-state index in [-0.39, 0.29) is 6.10 Å². The normalized spacial score (nSPS) is 20.0. The van der Waals surface area contributed by atoms with Gasteiger partial charge in [-0.25, -0.2) is 0 Å². The van der Waals surface area contributed by atoms with E-state index in [1.165, 1.54) is 6.26 Å². The molecule has 0 saturated carbocycles. The minimum absolute atomic E-state index is 0.294. The third-order valence-electron chi connectivity index (χ3n) is 1.02. The molecule has 1 heterocycles. The van der Waals surface area contributed by atoms with Gasteiger partial charge in [-0.1, -0.05) is 0 Å². The van der Waals surface area contributed by atoms with E-state index in [9.17, 15) is 0 Å². The van der Waals surface area contributed by atoms with Crippen LogP contribution in [0.1, 0.15) is 13.3 Å². The molecule has 0 aromatic carbocycles. The lowest BCUT2D eigenvalue weighted by molar-refractivity contribution is 0.0695. The first-order valence-electron chi connectivity index (χ1n) is 2.90. The smallest absolute Gasteiger partial charge is 0.229 e. The Kier molecular flexibility index (Phi) is 1.95. The van der Waals surface area contributed by atoms with E-state index >= 15 is 0 Å². The van der Waals surface area contributed by atoms with Crippen LogP contribution in [0.25, 0.3) is 0 Å². The van der Waals surface area contributed by atoms with Gasteiger partial charge in [0.15, 0.2) is 0 Å². The Morgan fingerprint density at radius 3 is 3.11 bits per heavy atom. The van der Waals surface area contributed by atoms with Crippen LogP contribution in [-0.2, 0) is 9.47 Å². The van der Waals surface area contributed by atoms with E-state index in [1.807, 2.05) is 0 Å². The van der Waals surface area contributed by atoms with E-state index in [4.69, 9.17) is 14.6 Å². The molecule has 3 nitrogen and oxygen atoms in total. The SMILES string of the molecule is CC(O)CC1=COCO1. The Hall–Kier alpha value is -0.700. The summed E-state index contributed by atoms with van der Waals surface area (Å²) in [6.45, 7) is 2.00. The zero-order chi connectivity index (χ0) is 6.69. The number of hydrogen-bond donors (Lipinski definition) is 1. The number of hydrogen-bond acceptors (Lipinski definition) is 3. The highest BCUT2D eigenvalue weighted by molar-refractivity contribution is 4.91. The van der Waals surface area contributed by atoms with Crippen LogP contribution in [0.4, 0.5) is 0 Å². The number of rotatable bonds is 2.